The maximum Gasteiger partial charge on any atom is 0.303 e. The zero-order valence-electron chi connectivity index (χ0n) is 11.4. The van der Waals surface area contributed by atoms with Crippen LogP contribution in [0.25, 0.3) is 0 Å². The van der Waals surface area contributed by atoms with E-state index in [2.05, 4.69) is 23.9 Å². The molecule has 1 saturated heterocycles. The number of likely N-dealkylation sites (tertiary alicyclic amines) is 1. The van der Waals surface area contributed by atoms with Gasteiger partial charge in [-0.2, -0.15) is 0 Å². The van der Waals surface area contributed by atoms with Crippen LogP contribution in [-0.2, 0) is 4.79 Å². The zero-order valence-corrected chi connectivity index (χ0v) is 11.4. The molecule has 4 nitrogen and oxygen atoms in total. The van der Waals surface area contributed by atoms with Gasteiger partial charge in [-0.15, -0.1) is 0 Å². The molecule has 0 aromatic carbocycles. The maximum absolute atomic E-state index is 10.6. The van der Waals surface area contributed by atoms with Crippen molar-refractivity contribution >= 4 is 5.97 Å². The lowest BCUT2D eigenvalue weighted by molar-refractivity contribution is -0.138. The molecule has 1 aliphatic heterocycles. The summed E-state index contributed by atoms with van der Waals surface area (Å²) in [5, 5.41) is 8.72. The molecule has 1 aliphatic rings. The zero-order chi connectivity index (χ0) is 12.8. The molecule has 1 N–H and O–H groups in total. The molecule has 1 rings (SSSR count). The molecule has 0 radical (unpaired) electrons. The second-order valence-electron chi connectivity index (χ2n) is 5.67. The number of rotatable bonds is 6. The molecular formula is C13H26N2O2. The van der Waals surface area contributed by atoms with Gasteiger partial charge in [0.25, 0.3) is 0 Å². The third-order valence-corrected chi connectivity index (χ3v) is 3.55. The van der Waals surface area contributed by atoms with Crippen molar-refractivity contribution in [2.24, 2.45) is 11.8 Å². The summed E-state index contributed by atoms with van der Waals surface area (Å²) in [7, 11) is 4.28. The van der Waals surface area contributed by atoms with Gasteiger partial charge in [-0.3, -0.25) is 4.79 Å². The lowest BCUT2D eigenvalue weighted by Gasteiger charge is -2.32. The molecule has 0 bridgehead atoms. The standard InChI is InChI=1S/C13H26N2O2/c1-11(8-13(16)17)9-15(3)10-12-4-6-14(2)7-5-12/h11-12H,4-10H2,1-3H3,(H,16,17). The number of hydrogen-bond acceptors (Lipinski definition) is 3. The summed E-state index contributed by atoms with van der Waals surface area (Å²) in [5.41, 5.74) is 0. The van der Waals surface area contributed by atoms with Gasteiger partial charge in [-0.1, -0.05) is 6.92 Å². The normalized spacial score (nSPS) is 20.7. The first-order chi connectivity index (χ1) is 7.97. The first-order valence-corrected chi connectivity index (χ1v) is 6.56. The lowest BCUT2D eigenvalue weighted by Crippen LogP contribution is -2.37. The van der Waals surface area contributed by atoms with Crippen LogP contribution in [0.4, 0.5) is 0 Å². The van der Waals surface area contributed by atoms with E-state index >= 15 is 0 Å². The topological polar surface area (TPSA) is 43.8 Å². The van der Waals surface area contributed by atoms with E-state index in [1.54, 1.807) is 0 Å². The number of carboxylic acid groups (broad SMARTS) is 1. The summed E-state index contributed by atoms with van der Waals surface area (Å²) in [6, 6.07) is 0. The van der Waals surface area contributed by atoms with Gasteiger partial charge in [0.2, 0.25) is 0 Å². The number of nitrogens with zero attached hydrogens (tertiary/aromatic N) is 2. The summed E-state index contributed by atoms with van der Waals surface area (Å²) in [6.07, 6.45) is 2.82. The predicted octanol–water partition coefficient (Wildman–Crippen LogP) is 1.37. The Kier molecular flexibility index (Phi) is 5.92. The van der Waals surface area contributed by atoms with E-state index in [1.807, 2.05) is 6.92 Å². The quantitative estimate of drug-likeness (QED) is 0.764. The average molecular weight is 242 g/mol. The van der Waals surface area contributed by atoms with Crippen LogP contribution in [0.5, 0.6) is 0 Å². The second-order valence-corrected chi connectivity index (χ2v) is 5.67. The van der Waals surface area contributed by atoms with Crippen LogP contribution in [-0.4, -0.2) is 61.2 Å². The Morgan fingerprint density at radius 3 is 2.59 bits per heavy atom. The van der Waals surface area contributed by atoms with E-state index in [1.165, 1.54) is 25.9 Å². The Bertz CT molecular complexity index is 238. The summed E-state index contributed by atoms with van der Waals surface area (Å²) in [5.74, 6) is 0.335. The first-order valence-electron chi connectivity index (χ1n) is 6.56. The molecule has 17 heavy (non-hydrogen) atoms. The number of carbonyl (C=O) groups is 1. The van der Waals surface area contributed by atoms with Crippen LogP contribution in [0.15, 0.2) is 0 Å². The minimum atomic E-state index is -0.690. The van der Waals surface area contributed by atoms with E-state index in [0.717, 1.165) is 19.0 Å². The van der Waals surface area contributed by atoms with Crippen LogP contribution in [0.1, 0.15) is 26.2 Å². The van der Waals surface area contributed by atoms with Crippen molar-refractivity contribution in [2.45, 2.75) is 26.2 Å². The first kappa shape index (κ1) is 14.5. The van der Waals surface area contributed by atoms with Crippen molar-refractivity contribution in [2.75, 3.05) is 40.3 Å². The molecule has 1 unspecified atom stereocenters. The Morgan fingerprint density at radius 1 is 1.47 bits per heavy atom. The third-order valence-electron chi connectivity index (χ3n) is 3.55. The van der Waals surface area contributed by atoms with Crippen LogP contribution >= 0.6 is 0 Å². The molecule has 1 heterocycles. The highest BCUT2D eigenvalue weighted by Gasteiger charge is 2.19. The fourth-order valence-electron chi connectivity index (χ4n) is 2.65. The number of piperidine rings is 1. The van der Waals surface area contributed by atoms with Crippen LogP contribution in [0.2, 0.25) is 0 Å². The molecule has 0 amide bonds. The maximum atomic E-state index is 10.6. The van der Waals surface area contributed by atoms with Gasteiger partial charge in [0.05, 0.1) is 0 Å². The highest BCUT2D eigenvalue weighted by atomic mass is 16.4. The summed E-state index contributed by atoms with van der Waals surface area (Å²) < 4.78 is 0. The Balaban J connectivity index is 2.20. The largest absolute Gasteiger partial charge is 0.481 e. The predicted molar refractivity (Wildman–Crippen MR) is 69.1 cm³/mol. The van der Waals surface area contributed by atoms with E-state index in [4.69, 9.17) is 5.11 Å². The number of carboxylic acids is 1. The Labute approximate surface area is 105 Å². The van der Waals surface area contributed by atoms with Gasteiger partial charge in [0.15, 0.2) is 0 Å². The van der Waals surface area contributed by atoms with Gasteiger partial charge >= 0.3 is 5.97 Å². The van der Waals surface area contributed by atoms with Crippen molar-refractivity contribution < 1.29 is 9.90 Å². The molecule has 1 atom stereocenters. The monoisotopic (exact) mass is 242 g/mol. The van der Waals surface area contributed by atoms with Gasteiger partial charge in [-0.05, 0) is 51.9 Å². The Morgan fingerprint density at radius 2 is 2.06 bits per heavy atom. The van der Waals surface area contributed by atoms with E-state index < -0.39 is 5.97 Å². The lowest BCUT2D eigenvalue weighted by atomic mass is 9.96. The molecule has 1 fully saturated rings. The number of aliphatic carboxylic acids is 1. The van der Waals surface area contributed by atoms with Crippen molar-refractivity contribution in [3.05, 3.63) is 0 Å². The number of hydrogen-bond donors (Lipinski definition) is 1. The SMILES string of the molecule is CC(CC(=O)O)CN(C)CC1CCN(C)CC1. The van der Waals surface area contributed by atoms with Crippen molar-refractivity contribution in [3.8, 4) is 0 Å². The molecule has 0 spiro atoms. The minimum Gasteiger partial charge on any atom is -0.481 e. The fraction of sp³-hybridized carbons (Fsp3) is 0.923. The summed E-state index contributed by atoms with van der Waals surface area (Å²) >= 11 is 0. The molecule has 0 aliphatic carbocycles. The Hall–Kier alpha value is -0.610. The molecule has 100 valence electrons. The third kappa shape index (κ3) is 6.03. The molecule has 4 heteroatoms. The molecule has 0 aromatic heterocycles. The van der Waals surface area contributed by atoms with Gasteiger partial charge in [-0.25, -0.2) is 0 Å². The van der Waals surface area contributed by atoms with E-state index in [0.29, 0.717) is 0 Å². The van der Waals surface area contributed by atoms with E-state index in [-0.39, 0.29) is 12.3 Å². The average Bonchev–Trinajstić information content (AvgIpc) is 2.19. The molecular weight excluding hydrogens is 216 g/mol. The highest BCUT2D eigenvalue weighted by molar-refractivity contribution is 5.66. The van der Waals surface area contributed by atoms with Crippen LogP contribution < -0.4 is 0 Å². The highest BCUT2D eigenvalue weighted by Crippen LogP contribution is 2.17. The summed E-state index contributed by atoms with van der Waals surface area (Å²) in [4.78, 5) is 15.3. The summed E-state index contributed by atoms with van der Waals surface area (Å²) in [6.45, 7) is 6.40. The second kappa shape index (κ2) is 6.97. The van der Waals surface area contributed by atoms with Gasteiger partial charge < -0.3 is 14.9 Å². The van der Waals surface area contributed by atoms with Crippen LogP contribution in [0, 0.1) is 11.8 Å². The minimum absolute atomic E-state index is 0.240. The van der Waals surface area contributed by atoms with Gasteiger partial charge in [0.1, 0.15) is 0 Å². The van der Waals surface area contributed by atoms with Crippen molar-refractivity contribution in [1.82, 2.24) is 9.80 Å². The van der Waals surface area contributed by atoms with Crippen molar-refractivity contribution in [1.29, 1.82) is 0 Å². The van der Waals surface area contributed by atoms with E-state index in [9.17, 15) is 4.79 Å². The van der Waals surface area contributed by atoms with Crippen LogP contribution in [0.3, 0.4) is 0 Å². The molecule has 0 saturated carbocycles. The van der Waals surface area contributed by atoms with Crippen molar-refractivity contribution in [3.63, 3.8) is 0 Å². The smallest absolute Gasteiger partial charge is 0.303 e. The fourth-order valence-corrected chi connectivity index (χ4v) is 2.65. The molecule has 0 aromatic rings. The van der Waals surface area contributed by atoms with Gasteiger partial charge in [0, 0.05) is 19.5 Å².